The van der Waals surface area contributed by atoms with Crippen molar-refractivity contribution < 1.29 is 19.1 Å². The zero-order valence-corrected chi connectivity index (χ0v) is 14.6. The van der Waals surface area contributed by atoms with E-state index in [-0.39, 0.29) is 24.6 Å². The van der Waals surface area contributed by atoms with Crippen molar-refractivity contribution >= 4 is 12.0 Å². The fourth-order valence-corrected chi connectivity index (χ4v) is 2.75. The van der Waals surface area contributed by atoms with Crippen molar-refractivity contribution in [1.29, 1.82) is 0 Å². The Morgan fingerprint density at radius 1 is 1.25 bits per heavy atom. The van der Waals surface area contributed by atoms with Gasteiger partial charge in [0.25, 0.3) is 0 Å². The molecule has 0 atom stereocenters. The average Bonchev–Trinajstić information content (AvgIpc) is 2.59. The highest BCUT2D eigenvalue weighted by Gasteiger charge is 2.28. The summed E-state index contributed by atoms with van der Waals surface area (Å²) < 4.78 is 10.7. The van der Waals surface area contributed by atoms with E-state index in [9.17, 15) is 9.59 Å². The summed E-state index contributed by atoms with van der Waals surface area (Å²) in [6.45, 7) is 7.45. The molecule has 2 rings (SSSR count). The third-order valence-corrected chi connectivity index (χ3v) is 4.41. The lowest BCUT2D eigenvalue weighted by Gasteiger charge is -2.30. The maximum absolute atomic E-state index is 12.2. The van der Waals surface area contributed by atoms with E-state index >= 15 is 0 Å². The smallest absolute Gasteiger partial charge is 0.320 e. The number of ether oxygens (including phenoxy) is 2. The Morgan fingerprint density at radius 2 is 1.96 bits per heavy atom. The lowest BCUT2D eigenvalue weighted by Crippen LogP contribution is -2.46. The molecule has 0 spiro atoms. The normalized spacial score (nSPS) is 15.0. The Kier molecular flexibility index (Phi) is 6.46. The topological polar surface area (TPSA) is 67.9 Å². The van der Waals surface area contributed by atoms with Crippen LogP contribution in [-0.4, -0.2) is 43.3 Å². The van der Waals surface area contributed by atoms with Crippen LogP contribution >= 0.6 is 0 Å². The summed E-state index contributed by atoms with van der Waals surface area (Å²) in [6, 6.07) is 5.68. The number of aryl methyl sites for hydroxylation is 1. The van der Waals surface area contributed by atoms with Crippen LogP contribution in [0.15, 0.2) is 18.2 Å². The maximum Gasteiger partial charge on any atom is 0.320 e. The summed E-state index contributed by atoms with van der Waals surface area (Å²) >= 11 is 0. The number of esters is 1. The van der Waals surface area contributed by atoms with E-state index in [0.717, 1.165) is 16.9 Å². The molecule has 2 amide bonds. The third-order valence-electron chi connectivity index (χ3n) is 4.41. The van der Waals surface area contributed by atoms with Crippen molar-refractivity contribution in [3.05, 3.63) is 29.3 Å². The van der Waals surface area contributed by atoms with Crippen LogP contribution in [0.1, 0.15) is 30.9 Å². The lowest BCUT2D eigenvalue weighted by molar-refractivity contribution is -0.149. The molecule has 1 aromatic rings. The zero-order valence-electron chi connectivity index (χ0n) is 14.6. The van der Waals surface area contributed by atoms with Crippen molar-refractivity contribution in [2.75, 3.05) is 26.4 Å². The third kappa shape index (κ3) is 4.63. The fourth-order valence-electron chi connectivity index (χ4n) is 2.75. The first-order chi connectivity index (χ1) is 11.5. The highest BCUT2D eigenvalue weighted by atomic mass is 16.5. The van der Waals surface area contributed by atoms with Gasteiger partial charge in [0.1, 0.15) is 5.75 Å². The predicted octanol–water partition coefficient (Wildman–Crippen LogP) is 2.62. The second kappa shape index (κ2) is 8.57. The Labute approximate surface area is 143 Å². The summed E-state index contributed by atoms with van der Waals surface area (Å²) in [6.07, 6.45) is 1.29. The van der Waals surface area contributed by atoms with Crippen LogP contribution in [0.2, 0.25) is 0 Å². The molecule has 0 aromatic heterocycles. The number of carbonyl (C=O) groups excluding carboxylic acids is 2. The molecular formula is C18H26N2O4. The Bertz CT molecular complexity index is 580. The number of nitrogens with zero attached hydrogens (tertiary/aromatic N) is 1. The van der Waals surface area contributed by atoms with Crippen molar-refractivity contribution in [1.82, 2.24) is 10.2 Å². The van der Waals surface area contributed by atoms with Crippen molar-refractivity contribution in [3.63, 3.8) is 0 Å². The number of piperidine rings is 1. The van der Waals surface area contributed by atoms with Gasteiger partial charge in [-0.2, -0.15) is 0 Å². The van der Waals surface area contributed by atoms with Crippen LogP contribution in [0, 0.1) is 19.8 Å². The largest absolute Gasteiger partial charge is 0.473 e. The Morgan fingerprint density at radius 3 is 2.62 bits per heavy atom. The maximum atomic E-state index is 12.2. The van der Waals surface area contributed by atoms with E-state index < -0.39 is 0 Å². The highest BCUT2D eigenvalue weighted by molar-refractivity contribution is 5.75. The molecule has 132 valence electrons. The van der Waals surface area contributed by atoms with E-state index in [1.165, 1.54) is 0 Å². The second-order valence-corrected chi connectivity index (χ2v) is 5.98. The van der Waals surface area contributed by atoms with Gasteiger partial charge in [-0.25, -0.2) is 4.79 Å². The van der Waals surface area contributed by atoms with Gasteiger partial charge < -0.3 is 19.7 Å². The zero-order chi connectivity index (χ0) is 17.5. The van der Waals surface area contributed by atoms with Gasteiger partial charge in [-0.15, -0.1) is 0 Å². The molecule has 0 radical (unpaired) electrons. The van der Waals surface area contributed by atoms with Crippen LogP contribution < -0.4 is 10.1 Å². The molecule has 0 saturated carbocycles. The van der Waals surface area contributed by atoms with Gasteiger partial charge in [-0.3, -0.25) is 4.79 Å². The minimum absolute atomic E-state index is 0.0970. The number of amides is 2. The van der Waals surface area contributed by atoms with Crippen molar-refractivity contribution in [3.8, 4) is 5.75 Å². The van der Waals surface area contributed by atoms with E-state index in [4.69, 9.17) is 9.47 Å². The van der Waals surface area contributed by atoms with Crippen LogP contribution in [0.25, 0.3) is 0 Å². The predicted molar refractivity (Wildman–Crippen MR) is 90.9 cm³/mol. The summed E-state index contributed by atoms with van der Waals surface area (Å²) in [5.74, 6) is 0.521. The van der Waals surface area contributed by atoms with Gasteiger partial charge in [-0.1, -0.05) is 12.1 Å². The van der Waals surface area contributed by atoms with Gasteiger partial charge in [0.15, 0.2) is 6.73 Å². The molecule has 24 heavy (non-hydrogen) atoms. The first kappa shape index (κ1) is 18.1. The van der Waals surface area contributed by atoms with Gasteiger partial charge in [0.2, 0.25) is 0 Å². The van der Waals surface area contributed by atoms with E-state index in [2.05, 4.69) is 5.32 Å². The Hall–Kier alpha value is -2.24. The molecule has 1 aromatic carbocycles. The van der Waals surface area contributed by atoms with Gasteiger partial charge >= 0.3 is 12.0 Å². The van der Waals surface area contributed by atoms with E-state index in [1.54, 1.807) is 11.8 Å². The lowest BCUT2D eigenvalue weighted by atomic mass is 9.97. The van der Waals surface area contributed by atoms with E-state index in [0.29, 0.717) is 32.5 Å². The first-order valence-corrected chi connectivity index (χ1v) is 8.41. The van der Waals surface area contributed by atoms with E-state index in [1.807, 2.05) is 32.0 Å². The molecular weight excluding hydrogens is 308 g/mol. The van der Waals surface area contributed by atoms with Crippen LogP contribution in [-0.2, 0) is 9.53 Å². The summed E-state index contributed by atoms with van der Waals surface area (Å²) in [4.78, 5) is 25.6. The SMILES string of the molecule is CCOC(=O)C1CCN(C(=O)NCOc2cccc(C)c2C)CC1. The molecule has 1 aliphatic heterocycles. The Balaban J connectivity index is 1.74. The van der Waals surface area contributed by atoms with Crippen LogP contribution in [0.4, 0.5) is 4.79 Å². The highest BCUT2D eigenvalue weighted by Crippen LogP contribution is 2.20. The van der Waals surface area contributed by atoms with Crippen LogP contribution in [0.3, 0.4) is 0 Å². The number of rotatable bonds is 5. The molecule has 1 heterocycles. The number of hydrogen-bond donors (Lipinski definition) is 1. The molecule has 1 saturated heterocycles. The van der Waals surface area contributed by atoms with Crippen LogP contribution in [0.5, 0.6) is 5.75 Å². The molecule has 0 aliphatic carbocycles. The van der Waals surface area contributed by atoms with Gasteiger partial charge in [-0.05, 0) is 50.8 Å². The monoisotopic (exact) mass is 334 g/mol. The fraction of sp³-hybridized carbons (Fsp3) is 0.556. The van der Waals surface area contributed by atoms with Gasteiger partial charge in [0.05, 0.1) is 12.5 Å². The molecule has 0 bridgehead atoms. The molecule has 0 unspecified atom stereocenters. The molecule has 6 heteroatoms. The number of hydrogen-bond acceptors (Lipinski definition) is 4. The standard InChI is InChI=1S/C18H26N2O4/c1-4-23-17(21)15-8-10-20(11-9-15)18(22)19-12-24-16-7-5-6-13(2)14(16)3/h5-7,15H,4,8-12H2,1-3H3,(H,19,22). The number of likely N-dealkylation sites (tertiary alicyclic amines) is 1. The molecule has 6 nitrogen and oxygen atoms in total. The summed E-state index contributed by atoms with van der Waals surface area (Å²) in [5.41, 5.74) is 2.22. The second-order valence-electron chi connectivity index (χ2n) is 5.98. The van der Waals surface area contributed by atoms with Crippen molar-refractivity contribution in [2.45, 2.75) is 33.6 Å². The summed E-state index contributed by atoms with van der Waals surface area (Å²) in [7, 11) is 0. The molecule has 1 N–H and O–H groups in total. The average molecular weight is 334 g/mol. The summed E-state index contributed by atoms with van der Waals surface area (Å²) in [5, 5.41) is 2.77. The van der Waals surface area contributed by atoms with Gasteiger partial charge in [0, 0.05) is 13.1 Å². The minimum atomic E-state index is -0.164. The van der Waals surface area contributed by atoms with Crippen molar-refractivity contribution in [2.24, 2.45) is 5.92 Å². The molecule has 1 aliphatic rings. The quantitative estimate of drug-likeness (QED) is 0.664. The minimum Gasteiger partial charge on any atom is -0.473 e. The first-order valence-electron chi connectivity index (χ1n) is 8.41. The number of nitrogens with one attached hydrogen (secondary N) is 1. The number of carbonyl (C=O) groups is 2. The molecule has 1 fully saturated rings. The number of benzene rings is 1. The number of urea groups is 1.